The van der Waals surface area contributed by atoms with Gasteiger partial charge in [-0.05, 0) is 49.9 Å². The van der Waals surface area contributed by atoms with Gasteiger partial charge in [0.05, 0.1) is 18.2 Å². The van der Waals surface area contributed by atoms with Crippen LogP contribution in [0, 0.1) is 5.92 Å². The molecule has 0 spiro atoms. The van der Waals surface area contributed by atoms with E-state index in [0.29, 0.717) is 30.1 Å². The van der Waals surface area contributed by atoms with E-state index in [9.17, 15) is 14.7 Å². The normalized spacial score (nSPS) is 19.2. The van der Waals surface area contributed by atoms with Gasteiger partial charge in [0.2, 0.25) is 0 Å². The number of carbonyl (C=O) groups excluding carboxylic acids is 2. The van der Waals surface area contributed by atoms with E-state index in [-0.39, 0.29) is 24.0 Å². The number of β-amino-alcohol motifs (C(OH)–C–C–N with tert-alkyl or cyclic N) is 1. The van der Waals surface area contributed by atoms with Gasteiger partial charge in [0, 0.05) is 30.1 Å². The number of Topliss-reactive ketones (excluding diaryl/α,β-unsaturated/α-hetero) is 1. The summed E-state index contributed by atoms with van der Waals surface area (Å²) in [5.74, 6) is 0.912. The fourth-order valence-corrected chi connectivity index (χ4v) is 4.05. The van der Waals surface area contributed by atoms with Crippen molar-refractivity contribution in [2.24, 2.45) is 5.92 Å². The quantitative estimate of drug-likeness (QED) is 0.706. The van der Waals surface area contributed by atoms with Crippen LogP contribution in [0.3, 0.4) is 0 Å². The van der Waals surface area contributed by atoms with E-state index in [1.165, 1.54) is 0 Å². The van der Waals surface area contributed by atoms with E-state index in [2.05, 4.69) is 10.1 Å². The number of aromatic nitrogens is 3. The molecule has 2 aromatic heterocycles. The molecule has 3 heterocycles. The molecule has 3 aromatic rings. The molecule has 2 fully saturated rings. The summed E-state index contributed by atoms with van der Waals surface area (Å²) >= 11 is 0. The maximum Gasteiger partial charge on any atom is 0.253 e. The number of benzene rings is 1. The fraction of sp³-hybridized carbons (Fsp3) is 0.391. The van der Waals surface area contributed by atoms with E-state index in [1.807, 2.05) is 42.5 Å². The Labute approximate surface area is 174 Å². The monoisotopic (exact) mass is 404 g/mol. The highest BCUT2D eigenvalue weighted by Gasteiger charge is 2.30. The van der Waals surface area contributed by atoms with E-state index < -0.39 is 6.10 Å². The van der Waals surface area contributed by atoms with Gasteiger partial charge in [-0.2, -0.15) is 5.10 Å². The number of hydrogen-bond donors (Lipinski definition) is 1. The Morgan fingerprint density at radius 1 is 1.07 bits per heavy atom. The summed E-state index contributed by atoms with van der Waals surface area (Å²) in [6.45, 7) is 1.07. The first-order chi connectivity index (χ1) is 14.6. The molecule has 1 aliphatic carbocycles. The first-order valence-corrected chi connectivity index (χ1v) is 10.5. The van der Waals surface area contributed by atoms with Gasteiger partial charge in [-0.1, -0.05) is 18.2 Å². The van der Waals surface area contributed by atoms with E-state index in [4.69, 9.17) is 0 Å². The minimum absolute atomic E-state index is 0.0554. The summed E-state index contributed by atoms with van der Waals surface area (Å²) in [5.41, 5.74) is 3.08. The van der Waals surface area contributed by atoms with Crippen LogP contribution in [0.15, 0.2) is 42.5 Å². The number of rotatable bonds is 5. The first-order valence-electron chi connectivity index (χ1n) is 10.5. The second-order valence-corrected chi connectivity index (χ2v) is 8.25. The van der Waals surface area contributed by atoms with Gasteiger partial charge < -0.3 is 10.0 Å². The minimum Gasteiger partial charge on any atom is -0.391 e. The van der Waals surface area contributed by atoms with Crippen LogP contribution < -0.4 is 0 Å². The molecule has 1 aromatic carbocycles. The highest BCUT2D eigenvalue weighted by molar-refractivity contribution is 5.94. The molecule has 1 unspecified atom stereocenters. The van der Waals surface area contributed by atoms with E-state index >= 15 is 0 Å². The van der Waals surface area contributed by atoms with Gasteiger partial charge in [0.15, 0.2) is 11.5 Å². The molecule has 1 atom stereocenters. The Bertz CT molecular complexity index is 1100. The highest BCUT2D eigenvalue weighted by Crippen LogP contribution is 2.31. The number of ketones is 1. The Morgan fingerprint density at radius 2 is 1.87 bits per heavy atom. The molecule has 7 heteroatoms. The van der Waals surface area contributed by atoms with Crippen molar-refractivity contribution in [3.63, 3.8) is 0 Å². The Balaban J connectivity index is 1.39. The van der Waals surface area contributed by atoms with E-state index in [1.54, 1.807) is 9.42 Å². The maximum atomic E-state index is 12.7. The van der Waals surface area contributed by atoms with Gasteiger partial charge in [-0.25, -0.2) is 9.50 Å². The number of nitrogens with zero attached hydrogens (tertiary/aromatic N) is 4. The molecule has 1 saturated carbocycles. The summed E-state index contributed by atoms with van der Waals surface area (Å²) in [6, 6.07) is 13.2. The molecule has 30 heavy (non-hydrogen) atoms. The summed E-state index contributed by atoms with van der Waals surface area (Å²) in [4.78, 5) is 31.1. The van der Waals surface area contributed by atoms with Crippen molar-refractivity contribution in [3.8, 4) is 11.3 Å². The van der Waals surface area contributed by atoms with Crippen molar-refractivity contribution in [3.05, 3.63) is 53.9 Å². The average Bonchev–Trinajstić information content (AvgIpc) is 3.53. The second kappa shape index (κ2) is 7.65. The summed E-state index contributed by atoms with van der Waals surface area (Å²) in [5, 5.41) is 14.4. The van der Waals surface area contributed by atoms with E-state index in [0.717, 1.165) is 36.9 Å². The SMILES string of the molecule is O=C(Cc1nc2cccc(-c3ccc(C(=O)N4CCCC(O)C4)cc3)n2n1)C1CC1. The molecule has 7 nitrogen and oxygen atoms in total. The molecule has 1 N–H and O–H groups in total. The topological polar surface area (TPSA) is 87.8 Å². The zero-order chi connectivity index (χ0) is 20.7. The lowest BCUT2D eigenvalue weighted by molar-refractivity contribution is -0.119. The predicted molar refractivity (Wildman–Crippen MR) is 111 cm³/mol. The Morgan fingerprint density at radius 3 is 2.60 bits per heavy atom. The smallest absolute Gasteiger partial charge is 0.253 e. The lowest BCUT2D eigenvalue weighted by Crippen LogP contribution is -2.42. The van der Waals surface area contributed by atoms with Crippen molar-refractivity contribution in [1.82, 2.24) is 19.5 Å². The van der Waals surface area contributed by atoms with Crippen LogP contribution in [0.25, 0.3) is 16.9 Å². The van der Waals surface area contributed by atoms with Gasteiger partial charge in [0.1, 0.15) is 5.78 Å². The van der Waals surface area contributed by atoms with Gasteiger partial charge in [-0.15, -0.1) is 0 Å². The van der Waals surface area contributed by atoms with Crippen LogP contribution >= 0.6 is 0 Å². The standard InChI is InChI=1S/C23H24N4O3/c28-18-3-2-12-26(14-18)23(30)17-10-6-15(7-11-17)19-4-1-5-22-24-21(25-27(19)22)13-20(29)16-8-9-16/h1,4-7,10-11,16,18,28H,2-3,8-9,12-14H2. The lowest BCUT2D eigenvalue weighted by atomic mass is 10.0. The van der Waals surface area contributed by atoms with Crippen LogP contribution in [0.5, 0.6) is 0 Å². The highest BCUT2D eigenvalue weighted by atomic mass is 16.3. The third-order valence-corrected chi connectivity index (χ3v) is 5.88. The average molecular weight is 404 g/mol. The predicted octanol–water partition coefficient (Wildman–Crippen LogP) is 2.51. The number of amides is 1. The van der Waals surface area contributed by atoms with Crippen molar-refractivity contribution in [2.45, 2.75) is 38.2 Å². The lowest BCUT2D eigenvalue weighted by Gasteiger charge is -2.30. The number of aliphatic hydroxyl groups excluding tert-OH is 1. The number of carbonyl (C=O) groups is 2. The molecular weight excluding hydrogens is 380 g/mol. The number of hydrogen-bond acceptors (Lipinski definition) is 5. The minimum atomic E-state index is -0.437. The third-order valence-electron chi connectivity index (χ3n) is 5.88. The van der Waals surface area contributed by atoms with Crippen molar-refractivity contribution in [2.75, 3.05) is 13.1 Å². The van der Waals surface area contributed by atoms with Crippen LogP contribution in [-0.4, -0.2) is 55.5 Å². The summed E-state index contributed by atoms with van der Waals surface area (Å²) in [6.07, 6.45) is 3.38. The molecule has 1 amide bonds. The molecule has 0 bridgehead atoms. The zero-order valence-corrected chi connectivity index (χ0v) is 16.7. The maximum absolute atomic E-state index is 12.7. The van der Waals surface area contributed by atoms with Crippen LogP contribution in [0.4, 0.5) is 0 Å². The van der Waals surface area contributed by atoms with Crippen LogP contribution in [-0.2, 0) is 11.2 Å². The number of pyridine rings is 1. The Hall–Kier alpha value is -3.06. The molecule has 5 rings (SSSR count). The Kier molecular flexibility index (Phi) is 4.83. The molecule has 2 aliphatic rings. The van der Waals surface area contributed by atoms with Crippen LogP contribution in [0.1, 0.15) is 41.9 Å². The van der Waals surface area contributed by atoms with Crippen molar-refractivity contribution < 1.29 is 14.7 Å². The van der Waals surface area contributed by atoms with Crippen molar-refractivity contribution >= 4 is 17.3 Å². The first kappa shape index (κ1) is 18.9. The molecule has 1 aliphatic heterocycles. The molecule has 0 radical (unpaired) electrons. The molecule has 1 saturated heterocycles. The van der Waals surface area contributed by atoms with Gasteiger partial charge >= 0.3 is 0 Å². The van der Waals surface area contributed by atoms with Crippen LogP contribution in [0.2, 0.25) is 0 Å². The van der Waals surface area contributed by atoms with Gasteiger partial charge in [0.25, 0.3) is 5.91 Å². The zero-order valence-electron chi connectivity index (χ0n) is 16.7. The summed E-state index contributed by atoms with van der Waals surface area (Å²) < 4.78 is 1.76. The number of likely N-dealkylation sites (tertiary alicyclic amines) is 1. The number of fused-ring (bicyclic) bond motifs is 1. The molecule has 154 valence electrons. The number of aliphatic hydroxyl groups is 1. The van der Waals surface area contributed by atoms with Crippen molar-refractivity contribution in [1.29, 1.82) is 0 Å². The number of piperidine rings is 1. The summed E-state index contributed by atoms with van der Waals surface area (Å²) in [7, 11) is 0. The van der Waals surface area contributed by atoms with Gasteiger partial charge in [-0.3, -0.25) is 9.59 Å². The fourth-order valence-electron chi connectivity index (χ4n) is 4.05. The largest absolute Gasteiger partial charge is 0.391 e. The molecular formula is C23H24N4O3. The second-order valence-electron chi connectivity index (χ2n) is 8.25. The third kappa shape index (κ3) is 3.73.